The number of nitrogens with zero attached hydrogens (tertiary/aromatic N) is 2. The molecule has 1 aliphatic rings. The third kappa shape index (κ3) is 6.04. The molecule has 2 N–H and O–H groups in total. The van der Waals surface area contributed by atoms with Crippen LogP contribution in [-0.2, 0) is 17.8 Å². The summed E-state index contributed by atoms with van der Waals surface area (Å²) in [4.78, 5) is 18.7. The maximum atomic E-state index is 12.5. The Hall–Kier alpha value is -2.04. The van der Waals surface area contributed by atoms with Crippen LogP contribution in [0.25, 0.3) is 0 Å². The molecule has 0 bridgehead atoms. The number of hydrogen-bond acceptors (Lipinski definition) is 2. The molecule has 5 nitrogen and oxygen atoms in total. The van der Waals surface area contributed by atoms with Crippen molar-refractivity contribution in [2.45, 2.75) is 52.5 Å². The highest BCUT2D eigenvalue weighted by Crippen LogP contribution is 2.19. The van der Waals surface area contributed by atoms with E-state index < -0.39 is 0 Å². The topological polar surface area (TPSA) is 56.7 Å². The molecule has 0 spiro atoms. The number of hydrogen-bond donors (Lipinski definition) is 2. The molecule has 144 valence electrons. The zero-order chi connectivity index (χ0) is 18.8. The molecule has 0 atom stereocenters. The van der Waals surface area contributed by atoms with E-state index in [0.29, 0.717) is 12.3 Å². The minimum absolute atomic E-state index is 0.251. The first-order valence-electron chi connectivity index (χ1n) is 9.97. The minimum atomic E-state index is 0.251. The van der Waals surface area contributed by atoms with Crippen molar-refractivity contribution in [1.29, 1.82) is 0 Å². The molecule has 1 aliphatic heterocycles. The van der Waals surface area contributed by atoms with Gasteiger partial charge in [-0.1, -0.05) is 51.0 Å². The molecule has 1 aromatic rings. The normalized spacial score (nSPS) is 14.3. The van der Waals surface area contributed by atoms with E-state index in [-0.39, 0.29) is 5.91 Å². The molecule has 26 heavy (non-hydrogen) atoms. The number of nitrogens with one attached hydrogen (secondary N) is 2. The summed E-state index contributed by atoms with van der Waals surface area (Å²) in [5, 5.41) is 6.69. The lowest BCUT2D eigenvalue weighted by atomic mass is 9.99. The fourth-order valence-electron chi connectivity index (χ4n) is 3.35. The average molecular weight is 359 g/mol. The highest BCUT2D eigenvalue weighted by atomic mass is 16.2. The molecular formula is C21H34N4O. The van der Waals surface area contributed by atoms with Crippen LogP contribution in [0.15, 0.2) is 29.3 Å². The van der Waals surface area contributed by atoms with E-state index in [1.54, 1.807) is 7.05 Å². The van der Waals surface area contributed by atoms with Gasteiger partial charge in [-0.2, -0.15) is 0 Å². The van der Waals surface area contributed by atoms with Crippen molar-refractivity contribution >= 4 is 11.9 Å². The second-order valence-electron chi connectivity index (χ2n) is 7.00. The SMILES string of the molecule is CCC(CC)CNC(=NC)NCCCC(=O)N1CCc2ccccc2C1. The van der Waals surface area contributed by atoms with Gasteiger partial charge < -0.3 is 15.5 Å². The first-order chi connectivity index (χ1) is 12.7. The second-order valence-corrected chi connectivity index (χ2v) is 7.00. The molecule has 5 heteroatoms. The van der Waals surface area contributed by atoms with E-state index in [9.17, 15) is 4.79 Å². The molecule has 0 saturated heterocycles. The zero-order valence-electron chi connectivity index (χ0n) is 16.6. The molecule has 1 aromatic carbocycles. The van der Waals surface area contributed by atoms with Crippen LogP contribution in [0.1, 0.15) is 50.7 Å². The first kappa shape index (κ1) is 20.3. The number of fused-ring (bicyclic) bond motifs is 1. The summed E-state index contributed by atoms with van der Waals surface area (Å²) in [7, 11) is 1.79. The lowest BCUT2D eigenvalue weighted by Gasteiger charge is -2.29. The van der Waals surface area contributed by atoms with Crippen molar-refractivity contribution in [2.75, 3.05) is 26.7 Å². The van der Waals surface area contributed by atoms with Gasteiger partial charge in [0.15, 0.2) is 5.96 Å². The van der Waals surface area contributed by atoms with Gasteiger partial charge in [-0.3, -0.25) is 9.79 Å². The Kier molecular flexibility index (Phi) is 8.45. The number of carbonyl (C=O) groups is 1. The van der Waals surface area contributed by atoms with Gasteiger partial charge in [0.25, 0.3) is 0 Å². The summed E-state index contributed by atoms with van der Waals surface area (Å²) >= 11 is 0. The highest BCUT2D eigenvalue weighted by molar-refractivity contribution is 5.80. The fourth-order valence-corrected chi connectivity index (χ4v) is 3.35. The third-order valence-corrected chi connectivity index (χ3v) is 5.28. The smallest absolute Gasteiger partial charge is 0.222 e. The molecule has 0 saturated carbocycles. The Morgan fingerprint density at radius 1 is 1.19 bits per heavy atom. The molecule has 0 aromatic heterocycles. The molecule has 2 rings (SSSR count). The van der Waals surface area contributed by atoms with Gasteiger partial charge >= 0.3 is 0 Å². The monoisotopic (exact) mass is 358 g/mol. The van der Waals surface area contributed by atoms with Gasteiger partial charge in [0.05, 0.1) is 0 Å². The van der Waals surface area contributed by atoms with E-state index in [1.807, 2.05) is 4.90 Å². The maximum Gasteiger partial charge on any atom is 0.222 e. The Balaban J connectivity index is 1.67. The molecule has 0 fully saturated rings. The highest BCUT2D eigenvalue weighted by Gasteiger charge is 2.19. The molecule has 1 heterocycles. The predicted octanol–water partition coefficient (Wildman–Crippen LogP) is 2.95. The molecular weight excluding hydrogens is 324 g/mol. The molecule has 0 radical (unpaired) electrons. The van der Waals surface area contributed by atoms with E-state index in [4.69, 9.17) is 0 Å². The van der Waals surface area contributed by atoms with Crippen LogP contribution < -0.4 is 10.6 Å². The maximum absolute atomic E-state index is 12.5. The summed E-state index contributed by atoms with van der Waals surface area (Å²) in [6.07, 6.45) is 4.72. The number of guanidine groups is 1. The summed E-state index contributed by atoms with van der Waals surface area (Å²) in [6, 6.07) is 8.43. The molecule has 1 amide bonds. The van der Waals surface area contributed by atoms with Crippen LogP contribution in [0.5, 0.6) is 0 Å². The number of aliphatic imine (C=N–C) groups is 1. The van der Waals surface area contributed by atoms with Gasteiger partial charge in [0.1, 0.15) is 0 Å². The van der Waals surface area contributed by atoms with Gasteiger partial charge in [-0.15, -0.1) is 0 Å². The van der Waals surface area contributed by atoms with E-state index >= 15 is 0 Å². The van der Waals surface area contributed by atoms with E-state index in [2.05, 4.69) is 53.7 Å². The van der Waals surface area contributed by atoms with Crippen LogP contribution in [0.4, 0.5) is 0 Å². The van der Waals surface area contributed by atoms with Crippen LogP contribution in [0.3, 0.4) is 0 Å². The Morgan fingerprint density at radius 2 is 1.92 bits per heavy atom. The van der Waals surface area contributed by atoms with Crippen molar-refractivity contribution in [3.05, 3.63) is 35.4 Å². The molecule has 0 unspecified atom stereocenters. The lowest BCUT2D eigenvalue weighted by molar-refractivity contribution is -0.132. The van der Waals surface area contributed by atoms with Crippen molar-refractivity contribution in [3.8, 4) is 0 Å². The fraction of sp³-hybridized carbons (Fsp3) is 0.619. The van der Waals surface area contributed by atoms with Crippen molar-refractivity contribution in [3.63, 3.8) is 0 Å². The van der Waals surface area contributed by atoms with Gasteiger partial charge in [0, 0.05) is 39.6 Å². The average Bonchev–Trinajstić information content (AvgIpc) is 2.69. The van der Waals surface area contributed by atoms with Gasteiger partial charge in [-0.25, -0.2) is 0 Å². The number of carbonyl (C=O) groups excluding carboxylic acids is 1. The standard InChI is InChI=1S/C21H34N4O/c1-4-17(5-2)15-24-21(22-3)23-13-8-11-20(26)25-14-12-18-9-6-7-10-19(18)16-25/h6-7,9-10,17H,4-5,8,11-16H2,1-3H3,(H2,22,23,24). The summed E-state index contributed by atoms with van der Waals surface area (Å²) in [5.74, 6) is 1.76. The predicted molar refractivity (Wildman–Crippen MR) is 108 cm³/mol. The number of rotatable bonds is 8. The minimum Gasteiger partial charge on any atom is -0.356 e. The summed E-state index contributed by atoms with van der Waals surface area (Å²) < 4.78 is 0. The van der Waals surface area contributed by atoms with Crippen molar-refractivity contribution in [2.24, 2.45) is 10.9 Å². The number of benzene rings is 1. The van der Waals surface area contributed by atoms with Crippen molar-refractivity contribution < 1.29 is 4.79 Å². The van der Waals surface area contributed by atoms with E-state index in [1.165, 1.54) is 24.0 Å². The Labute approximate surface area is 158 Å². The molecule has 0 aliphatic carbocycles. The quantitative estimate of drug-likeness (QED) is 0.427. The van der Waals surface area contributed by atoms with Gasteiger partial charge in [-0.05, 0) is 29.9 Å². The first-order valence-corrected chi connectivity index (χ1v) is 9.97. The Bertz CT molecular complexity index is 595. The second kappa shape index (κ2) is 10.8. The number of amides is 1. The largest absolute Gasteiger partial charge is 0.356 e. The summed E-state index contributed by atoms with van der Waals surface area (Å²) in [5.41, 5.74) is 2.67. The lowest BCUT2D eigenvalue weighted by Crippen LogP contribution is -2.40. The summed E-state index contributed by atoms with van der Waals surface area (Å²) in [6.45, 7) is 7.73. The third-order valence-electron chi connectivity index (χ3n) is 5.28. The Morgan fingerprint density at radius 3 is 2.62 bits per heavy atom. The van der Waals surface area contributed by atoms with E-state index in [0.717, 1.165) is 45.0 Å². The van der Waals surface area contributed by atoms with Crippen molar-refractivity contribution in [1.82, 2.24) is 15.5 Å². The van der Waals surface area contributed by atoms with Crippen LogP contribution in [0, 0.1) is 5.92 Å². The van der Waals surface area contributed by atoms with Crippen LogP contribution >= 0.6 is 0 Å². The van der Waals surface area contributed by atoms with Gasteiger partial charge in [0.2, 0.25) is 5.91 Å². The zero-order valence-corrected chi connectivity index (χ0v) is 16.6. The van der Waals surface area contributed by atoms with Crippen LogP contribution in [0.2, 0.25) is 0 Å². The van der Waals surface area contributed by atoms with Crippen LogP contribution in [-0.4, -0.2) is 43.4 Å².